The molecule has 0 unspecified atom stereocenters. The number of hydrogen-bond acceptors (Lipinski definition) is 2. The Morgan fingerprint density at radius 2 is 1.00 bits per heavy atom. The second kappa shape index (κ2) is 11.2. The van der Waals surface area contributed by atoms with E-state index in [2.05, 4.69) is 140 Å². The maximum atomic E-state index is 10.9. The highest BCUT2D eigenvalue weighted by molar-refractivity contribution is 6.24. The Balaban J connectivity index is 1.21. The molecule has 12 rings (SSSR count). The molecule has 6 heteroatoms. The lowest BCUT2D eigenvalue weighted by Gasteiger charge is -2.20. The summed E-state index contributed by atoms with van der Waals surface area (Å²) in [7, 11) is 0. The average Bonchev–Trinajstić information content (AvgIpc) is 3.99. The van der Waals surface area contributed by atoms with Crippen LogP contribution < -0.4 is 0 Å². The zero-order valence-corrected chi connectivity index (χ0v) is 29.7. The molecule has 6 nitrogen and oxygen atoms in total. The number of para-hydroxylation sites is 5. The van der Waals surface area contributed by atoms with Crippen molar-refractivity contribution in [3.63, 3.8) is 0 Å². The van der Waals surface area contributed by atoms with E-state index in [9.17, 15) is 5.26 Å². The lowest BCUT2D eigenvalue weighted by atomic mass is 10.1. The number of nitriles is 1. The first-order valence-corrected chi connectivity index (χ1v) is 18.5. The molecule has 0 aliphatic rings. The summed E-state index contributed by atoms with van der Waals surface area (Å²) in [6.07, 6.45) is 0. The first-order valence-electron chi connectivity index (χ1n) is 18.5. The lowest BCUT2D eigenvalue weighted by molar-refractivity contribution is 0.673. The van der Waals surface area contributed by atoms with Gasteiger partial charge in [0.05, 0.1) is 62.0 Å². The highest BCUT2D eigenvalue weighted by Gasteiger charge is 2.26. The van der Waals surface area contributed by atoms with Crippen molar-refractivity contribution in [3.05, 3.63) is 181 Å². The van der Waals surface area contributed by atoms with Crippen LogP contribution in [0.5, 0.6) is 0 Å². The topological polar surface area (TPSA) is 56.1 Å². The normalized spacial score (nSPS) is 11.9. The summed E-state index contributed by atoms with van der Waals surface area (Å²) in [5, 5.41) is 19.5. The van der Waals surface area contributed by atoms with E-state index < -0.39 is 0 Å². The van der Waals surface area contributed by atoms with Gasteiger partial charge in [-0.2, -0.15) is 5.26 Å². The molecule has 4 heterocycles. The van der Waals surface area contributed by atoms with E-state index in [1.165, 1.54) is 10.8 Å². The molecule has 258 valence electrons. The highest BCUT2D eigenvalue weighted by Crippen LogP contribution is 2.46. The zero-order chi connectivity index (χ0) is 37.1. The van der Waals surface area contributed by atoms with Gasteiger partial charge in [0.1, 0.15) is 17.2 Å². The van der Waals surface area contributed by atoms with Gasteiger partial charge in [0, 0.05) is 43.4 Å². The van der Waals surface area contributed by atoms with Gasteiger partial charge in [0.15, 0.2) is 0 Å². The van der Waals surface area contributed by atoms with Crippen molar-refractivity contribution in [2.75, 3.05) is 0 Å². The van der Waals surface area contributed by atoms with E-state index in [4.69, 9.17) is 11.0 Å². The summed E-state index contributed by atoms with van der Waals surface area (Å²) in [6, 6.07) is 58.7. The third-order valence-corrected chi connectivity index (χ3v) is 11.5. The zero-order valence-electron chi connectivity index (χ0n) is 29.7. The lowest BCUT2D eigenvalue weighted by Crippen LogP contribution is -2.06. The molecule has 0 N–H and O–H groups in total. The van der Waals surface area contributed by atoms with Crippen LogP contribution in [0.1, 0.15) is 5.56 Å². The van der Waals surface area contributed by atoms with E-state index in [0.29, 0.717) is 22.6 Å². The predicted octanol–water partition coefficient (Wildman–Crippen LogP) is 13.3. The fraction of sp³-hybridized carbons (Fsp3) is 0. The van der Waals surface area contributed by atoms with Crippen molar-refractivity contribution in [2.24, 2.45) is 0 Å². The van der Waals surface area contributed by atoms with Crippen LogP contribution in [-0.4, -0.2) is 13.7 Å². The summed E-state index contributed by atoms with van der Waals surface area (Å²) < 4.78 is 13.3. The molecule has 0 radical (unpaired) electrons. The molecular formula is C50H27N5O. The minimum atomic E-state index is 0.444. The molecule has 4 aromatic heterocycles. The van der Waals surface area contributed by atoms with Gasteiger partial charge >= 0.3 is 0 Å². The molecule has 12 aromatic rings. The maximum Gasteiger partial charge on any atom is 0.212 e. The molecule has 0 fully saturated rings. The number of benzene rings is 8. The number of nitrogens with zero attached hydrogens (tertiary/aromatic N) is 5. The van der Waals surface area contributed by atoms with Crippen LogP contribution in [-0.2, 0) is 0 Å². The number of aromatic nitrogens is 3. The molecule has 0 amide bonds. The standard InChI is InChI=1S/C50H27N5O/c1-52-39-25-22-30(29-51)48(49(39)55-43-20-10-5-16-37(43)47-45(55)27-24-36-35-15-6-11-21-46(35)56-50(36)47)54-42-19-9-4-14-34(42)38-28-31(23-26-44(38)54)53-40-17-7-2-12-32(40)33-13-3-8-18-41(33)53/h2-28H. The monoisotopic (exact) mass is 713 g/mol. The number of rotatable bonds is 3. The molecule has 0 spiro atoms. The van der Waals surface area contributed by atoms with Gasteiger partial charge in [-0.1, -0.05) is 103 Å². The number of furan rings is 1. The molecule has 56 heavy (non-hydrogen) atoms. The van der Waals surface area contributed by atoms with Crippen molar-refractivity contribution in [1.29, 1.82) is 5.26 Å². The minimum Gasteiger partial charge on any atom is -0.455 e. The molecule has 0 saturated carbocycles. The third kappa shape index (κ3) is 3.92. The van der Waals surface area contributed by atoms with Gasteiger partial charge in [-0.15, -0.1) is 0 Å². The van der Waals surface area contributed by atoms with Crippen molar-refractivity contribution in [3.8, 4) is 23.1 Å². The Morgan fingerprint density at radius 1 is 0.464 bits per heavy atom. The van der Waals surface area contributed by atoms with Crippen molar-refractivity contribution < 1.29 is 4.42 Å². The summed E-state index contributed by atoms with van der Waals surface area (Å²) in [5.74, 6) is 0. The minimum absolute atomic E-state index is 0.444. The second-order valence-electron chi connectivity index (χ2n) is 14.3. The van der Waals surface area contributed by atoms with Crippen LogP contribution in [0, 0.1) is 17.9 Å². The van der Waals surface area contributed by atoms with Crippen molar-refractivity contribution in [1.82, 2.24) is 13.7 Å². The molecular weight excluding hydrogens is 687 g/mol. The van der Waals surface area contributed by atoms with Gasteiger partial charge in [0.25, 0.3) is 0 Å². The molecule has 0 bridgehead atoms. The van der Waals surface area contributed by atoms with Gasteiger partial charge in [-0.05, 0) is 60.7 Å². The summed E-state index contributed by atoms with van der Waals surface area (Å²) in [6.45, 7) is 8.52. The van der Waals surface area contributed by atoms with Crippen LogP contribution in [0.25, 0.3) is 109 Å². The van der Waals surface area contributed by atoms with Crippen LogP contribution in [0.15, 0.2) is 168 Å². The first kappa shape index (κ1) is 30.4. The van der Waals surface area contributed by atoms with Crippen molar-refractivity contribution in [2.45, 2.75) is 0 Å². The Hall–Kier alpha value is -8.06. The third-order valence-electron chi connectivity index (χ3n) is 11.5. The Labute approximate surface area is 319 Å². The second-order valence-corrected chi connectivity index (χ2v) is 14.3. The quantitative estimate of drug-likeness (QED) is 0.171. The van der Waals surface area contributed by atoms with E-state index in [1.807, 2.05) is 36.4 Å². The van der Waals surface area contributed by atoms with E-state index in [0.717, 1.165) is 82.3 Å². The smallest absolute Gasteiger partial charge is 0.212 e. The first-order chi connectivity index (χ1) is 27.7. The Morgan fingerprint density at radius 3 is 1.68 bits per heavy atom. The largest absolute Gasteiger partial charge is 0.455 e. The van der Waals surface area contributed by atoms with E-state index in [-0.39, 0.29) is 0 Å². The van der Waals surface area contributed by atoms with E-state index >= 15 is 0 Å². The summed E-state index contributed by atoms with van der Waals surface area (Å²) in [4.78, 5) is 4.13. The van der Waals surface area contributed by atoms with Gasteiger partial charge in [0.2, 0.25) is 5.69 Å². The fourth-order valence-corrected chi connectivity index (χ4v) is 9.21. The number of fused-ring (bicyclic) bond motifs is 13. The highest BCUT2D eigenvalue weighted by atomic mass is 16.3. The predicted molar refractivity (Wildman–Crippen MR) is 228 cm³/mol. The number of hydrogen-bond donors (Lipinski definition) is 0. The van der Waals surface area contributed by atoms with E-state index in [1.54, 1.807) is 12.1 Å². The van der Waals surface area contributed by atoms with Gasteiger partial charge < -0.3 is 18.1 Å². The van der Waals surface area contributed by atoms with Crippen molar-refractivity contribution >= 4 is 93.0 Å². The molecule has 8 aromatic carbocycles. The maximum absolute atomic E-state index is 10.9. The Bertz CT molecular complexity index is 3690. The van der Waals surface area contributed by atoms with Crippen LogP contribution in [0.2, 0.25) is 0 Å². The SMILES string of the molecule is [C-]#[N+]c1ccc(C#N)c(-n2c3ccccc3c3cc(-n4c5ccccc5c5ccccc54)ccc32)c1-n1c2ccccc2c2c3oc4ccccc4c3ccc21. The summed E-state index contributed by atoms with van der Waals surface area (Å²) in [5.41, 5.74) is 10.9. The molecule has 0 saturated heterocycles. The average molecular weight is 714 g/mol. The Kier molecular flexibility index (Phi) is 6.10. The fourth-order valence-electron chi connectivity index (χ4n) is 9.21. The van der Waals surface area contributed by atoms with Gasteiger partial charge in [-0.25, -0.2) is 4.85 Å². The molecule has 0 atom stereocenters. The van der Waals surface area contributed by atoms with Crippen LogP contribution in [0.3, 0.4) is 0 Å². The van der Waals surface area contributed by atoms with Crippen LogP contribution in [0.4, 0.5) is 5.69 Å². The molecule has 0 aliphatic carbocycles. The van der Waals surface area contributed by atoms with Gasteiger partial charge in [-0.3, -0.25) is 0 Å². The molecule has 0 aliphatic heterocycles. The summed E-state index contributed by atoms with van der Waals surface area (Å²) >= 11 is 0. The van der Waals surface area contributed by atoms with Crippen LogP contribution >= 0.6 is 0 Å².